The van der Waals surface area contributed by atoms with Crippen LogP contribution in [0.3, 0.4) is 0 Å². The Morgan fingerprint density at radius 3 is 2.57 bits per heavy atom. The van der Waals surface area contributed by atoms with Crippen LogP contribution in [0.1, 0.15) is 6.92 Å². The number of halogens is 1. The molecule has 0 heterocycles. The van der Waals surface area contributed by atoms with Gasteiger partial charge in [0.2, 0.25) is 0 Å². The summed E-state index contributed by atoms with van der Waals surface area (Å²) in [4.78, 5) is 10.5. The van der Waals surface area contributed by atoms with Crippen LogP contribution in [0, 0.1) is 9.49 Å². The lowest BCUT2D eigenvalue weighted by Crippen LogP contribution is -2.19. The van der Waals surface area contributed by atoms with Crippen molar-refractivity contribution in [3.63, 3.8) is 0 Å². The SMILES string of the molecule is CC(CNc1ccc(I)cc1)C(=O)O. The average Bonchev–Trinajstić information content (AvgIpc) is 2.16. The Morgan fingerprint density at radius 1 is 1.50 bits per heavy atom. The number of carboxylic acid groups (broad SMARTS) is 1. The Morgan fingerprint density at radius 2 is 2.07 bits per heavy atom. The lowest BCUT2D eigenvalue weighted by molar-refractivity contribution is -0.140. The predicted octanol–water partition coefficient (Wildman–Crippen LogP) is 2.42. The molecule has 0 spiro atoms. The van der Waals surface area contributed by atoms with Gasteiger partial charge in [-0.2, -0.15) is 0 Å². The number of hydrogen-bond acceptors (Lipinski definition) is 2. The number of anilines is 1. The Labute approximate surface area is 96.7 Å². The number of benzene rings is 1. The molecule has 0 fully saturated rings. The Balaban J connectivity index is 2.46. The summed E-state index contributed by atoms with van der Waals surface area (Å²) in [6, 6.07) is 7.84. The fraction of sp³-hybridized carbons (Fsp3) is 0.300. The van der Waals surface area contributed by atoms with Crippen molar-refractivity contribution in [3.8, 4) is 0 Å². The third kappa shape index (κ3) is 3.53. The highest BCUT2D eigenvalue weighted by molar-refractivity contribution is 14.1. The molecule has 0 saturated carbocycles. The van der Waals surface area contributed by atoms with Crippen molar-refractivity contribution >= 4 is 34.2 Å². The molecule has 0 radical (unpaired) electrons. The molecular formula is C10H12INO2. The van der Waals surface area contributed by atoms with Gasteiger partial charge in [-0.1, -0.05) is 6.92 Å². The van der Waals surface area contributed by atoms with Crippen LogP contribution in [0.5, 0.6) is 0 Å². The van der Waals surface area contributed by atoms with E-state index in [1.165, 1.54) is 3.57 Å². The first-order chi connectivity index (χ1) is 6.59. The van der Waals surface area contributed by atoms with Crippen LogP contribution in [0.15, 0.2) is 24.3 Å². The molecule has 0 aliphatic carbocycles. The van der Waals surface area contributed by atoms with Gasteiger partial charge in [0.05, 0.1) is 5.92 Å². The molecule has 3 nitrogen and oxygen atoms in total. The molecule has 1 atom stereocenters. The van der Waals surface area contributed by atoms with Crippen LogP contribution in [0.2, 0.25) is 0 Å². The van der Waals surface area contributed by atoms with Crippen LogP contribution < -0.4 is 5.32 Å². The van der Waals surface area contributed by atoms with Gasteiger partial charge in [-0.3, -0.25) is 4.79 Å². The zero-order chi connectivity index (χ0) is 10.6. The molecule has 1 unspecified atom stereocenters. The molecule has 0 aromatic heterocycles. The maximum atomic E-state index is 10.5. The first-order valence-electron chi connectivity index (χ1n) is 4.32. The van der Waals surface area contributed by atoms with Gasteiger partial charge in [-0.25, -0.2) is 0 Å². The second kappa shape index (κ2) is 5.19. The molecule has 0 aliphatic rings. The largest absolute Gasteiger partial charge is 0.481 e. The van der Waals surface area contributed by atoms with Gasteiger partial charge in [-0.05, 0) is 46.9 Å². The van der Waals surface area contributed by atoms with Gasteiger partial charge in [0.1, 0.15) is 0 Å². The van der Waals surface area contributed by atoms with Crippen molar-refractivity contribution in [1.29, 1.82) is 0 Å². The average molecular weight is 305 g/mol. The van der Waals surface area contributed by atoms with Gasteiger partial charge in [0.25, 0.3) is 0 Å². The zero-order valence-electron chi connectivity index (χ0n) is 7.83. The van der Waals surface area contributed by atoms with Crippen molar-refractivity contribution in [2.24, 2.45) is 5.92 Å². The number of carboxylic acids is 1. The number of hydrogen-bond donors (Lipinski definition) is 2. The molecule has 0 amide bonds. The lowest BCUT2D eigenvalue weighted by atomic mass is 10.2. The van der Waals surface area contributed by atoms with E-state index in [0.29, 0.717) is 6.54 Å². The monoisotopic (exact) mass is 305 g/mol. The van der Waals surface area contributed by atoms with E-state index < -0.39 is 5.97 Å². The van der Waals surface area contributed by atoms with E-state index in [9.17, 15) is 4.79 Å². The van der Waals surface area contributed by atoms with Crippen molar-refractivity contribution in [2.75, 3.05) is 11.9 Å². The van der Waals surface area contributed by atoms with Crippen molar-refractivity contribution < 1.29 is 9.90 Å². The minimum Gasteiger partial charge on any atom is -0.481 e. The Kier molecular flexibility index (Phi) is 4.19. The standard InChI is InChI=1S/C10H12INO2/c1-7(10(13)14)6-12-9-4-2-8(11)3-5-9/h2-5,7,12H,6H2,1H3,(H,13,14). The summed E-state index contributed by atoms with van der Waals surface area (Å²) < 4.78 is 1.17. The van der Waals surface area contributed by atoms with E-state index in [1.807, 2.05) is 24.3 Å². The maximum absolute atomic E-state index is 10.5. The quantitative estimate of drug-likeness (QED) is 0.840. The summed E-state index contributed by atoms with van der Waals surface area (Å²) in [5, 5.41) is 11.7. The highest BCUT2D eigenvalue weighted by atomic mass is 127. The molecule has 1 rings (SSSR count). The fourth-order valence-electron chi connectivity index (χ4n) is 0.926. The molecule has 0 bridgehead atoms. The van der Waals surface area contributed by atoms with E-state index in [4.69, 9.17) is 5.11 Å². The summed E-state index contributed by atoms with van der Waals surface area (Å²) in [7, 11) is 0. The highest BCUT2D eigenvalue weighted by Gasteiger charge is 2.09. The zero-order valence-corrected chi connectivity index (χ0v) is 9.98. The summed E-state index contributed by atoms with van der Waals surface area (Å²) in [5.74, 6) is -1.14. The number of nitrogens with one attached hydrogen (secondary N) is 1. The number of rotatable bonds is 4. The molecule has 2 N–H and O–H groups in total. The highest BCUT2D eigenvalue weighted by Crippen LogP contribution is 2.11. The molecule has 4 heteroatoms. The van der Waals surface area contributed by atoms with Crippen molar-refractivity contribution in [3.05, 3.63) is 27.8 Å². The number of carbonyl (C=O) groups is 1. The molecule has 1 aromatic rings. The van der Waals surface area contributed by atoms with Crippen LogP contribution in [0.25, 0.3) is 0 Å². The Bertz CT molecular complexity index is 310. The smallest absolute Gasteiger partial charge is 0.308 e. The Hall–Kier alpha value is -0.780. The number of aliphatic carboxylic acids is 1. The van der Waals surface area contributed by atoms with Gasteiger partial charge < -0.3 is 10.4 Å². The summed E-state index contributed by atoms with van der Waals surface area (Å²) >= 11 is 2.23. The van der Waals surface area contributed by atoms with Gasteiger partial charge >= 0.3 is 5.97 Å². The molecular weight excluding hydrogens is 293 g/mol. The van der Waals surface area contributed by atoms with Crippen LogP contribution in [-0.2, 0) is 4.79 Å². The molecule has 76 valence electrons. The first kappa shape index (κ1) is 11.3. The lowest BCUT2D eigenvalue weighted by Gasteiger charge is -2.09. The summed E-state index contributed by atoms with van der Waals surface area (Å²) in [6.07, 6.45) is 0. The van der Waals surface area contributed by atoms with E-state index in [2.05, 4.69) is 27.9 Å². The molecule has 0 saturated heterocycles. The molecule has 1 aromatic carbocycles. The van der Waals surface area contributed by atoms with Crippen LogP contribution in [-0.4, -0.2) is 17.6 Å². The topological polar surface area (TPSA) is 49.3 Å². The second-order valence-corrected chi connectivity index (χ2v) is 4.37. The minimum absolute atomic E-state index is 0.366. The van der Waals surface area contributed by atoms with E-state index in [1.54, 1.807) is 6.92 Å². The second-order valence-electron chi connectivity index (χ2n) is 3.13. The van der Waals surface area contributed by atoms with Crippen molar-refractivity contribution in [2.45, 2.75) is 6.92 Å². The summed E-state index contributed by atoms with van der Waals surface area (Å²) in [6.45, 7) is 2.14. The van der Waals surface area contributed by atoms with Gasteiger partial charge in [-0.15, -0.1) is 0 Å². The van der Waals surface area contributed by atoms with Crippen LogP contribution >= 0.6 is 22.6 Å². The van der Waals surface area contributed by atoms with E-state index in [0.717, 1.165) is 5.69 Å². The fourth-order valence-corrected chi connectivity index (χ4v) is 1.29. The minimum atomic E-state index is -0.775. The third-order valence-electron chi connectivity index (χ3n) is 1.88. The van der Waals surface area contributed by atoms with Crippen LogP contribution in [0.4, 0.5) is 5.69 Å². The van der Waals surface area contributed by atoms with Crippen molar-refractivity contribution in [1.82, 2.24) is 0 Å². The third-order valence-corrected chi connectivity index (χ3v) is 2.60. The van der Waals surface area contributed by atoms with Gasteiger partial charge in [0, 0.05) is 15.8 Å². The first-order valence-corrected chi connectivity index (χ1v) is 5.39. The van der Waals surface area contributed by atoms with E-state index >= 15 is 0 Å². The summed E-state index contributed by atoms with van der Waals surface area (Å²) in [5.41, 5.74) is 0.957. The van der Waals surface area contributed by atoms with Gasteiger partial charge in [0.15, 0.2) is 0 Å². The normalized spacial score (nSPS) is 12.1. The maximum Gasteiger partial charge on any atom is 0.308 e. The molecule has 0 aliphatic heterocycles. The van der Waals surface area contributed by atoms with E-state index in [-0.39, 0.29) is 5.92 Å². The molecule has 14 heavy (non-hydrogen) atoms. The predicted molar refractivity (Wildman–Crippen MR) is 64.4 cm³/mol.